The van der Waals surface area contributed by atoms with E-state index in [1.807, 2.05) is 0 Å². The zero-order valence-corrected chi connectivity index (χ0v) is 22.6. The molecular weight excluding hydrogens is 372 g/mol. The zero-order valence-electron chi connectivity index (χ0n) is 22.6. The Morgan fingerprint density at radius 2 is 1.00 bits per heavy atom. The lowest BCUT2D eigenvalue weighted by Gasteiger charge is -2.42. The third kappa shape index (κ3) is 6.24. The second kappa shape index (κ2) is 8.76. The van der Waals surface area contributed by atoms with E-state index in [1.54, 1.807) is 22.3 Å². The topological polar surface area (TPSA) is 0 Å². The minimum Gasteiger partial charge on any atom is -0.0622 e. The Labute approximate surface area is 193 Å². The van der Waals surface area contributed by atoms with Crippen LogP contribution in [0.15, 0.2) is 36.4 Å². The van der Waals surface area contributed by atoms with Crippen LogP contribution >= 0.6 is 0 Å². The highest BCUT2D eigenvalue weighted by molar-refractivity contribution is 5.56. The first-order valence-electron chi connectivity index (χ1n) is 12.2. The molecular formula is C31H48. The van der Waals surface area contributed by atoms with E-state index in [4.69, 9.17) is 0 Å². The molecule has 0 N–H and O–H groups in total. The van der Waals surface area contributed by atoms with Gasteiger partial charge in [0.2, 0.25) is 0 Å². The lowest BCUT2D eigenvalue weighted by Crippen LogP contribution is -2.33. The van der Waals surface area contributed by atoms with Crippen molar-refractivity contribution < 1.29 is 0 Å². The monoisotopic (exact) mass is 420 g/mol. The maximum absolute atomic E-state index is 2.58. The second-order valence-corrected chi connectivity index (χ2v) is 13.5. The predicted molar refractivity (Wildman–Crippen MR) is 140 cm³/mol. The maximum atomic E-state index is 2.58. The third-order valence-corrected chi connectivity index (χ3v) is 6.22. The SMILES string of the molecule is CC(C)(C)c1cc(CCCc2ccccc2)c(C(C)(C)C)c(C(C)(C)C)c1C(C)(C)C. The molecule has 0 fully saturated rings. The van der Waals surface area contributed by atoms with Crippen LogP contribution in [0.5, 0.6) is 0 Å². The summed E-state index contributed by atoms with van der Waals surface area (Å²) in [6.45, 7) is 28.8. The Morgan fingerprint density at radius 3 is 1.42 bits per heavy atom. The molecule has 0 spiro atoms. The average Bonchev–Trinajstić information content (AvgIpc) is 2.58. The van der Waals surface area contributed by atoms with Gasteiger partial charge in [0, 0.05) is 0 Å². The molecule has 0 unspecified atom stereocenters. The van der Waals surface area contributed by atoms with Crippen molar-refractivity contribution in [2.75, 3.05) is 0 Å². The van der Waals surface area contributed by atoms with Crippen LogP contribution < -0.4 is 0 Å². The molecule has 2 aromatic carbocycles. The van der Waals surface area contributed by atoms with E-state index in [1.165, 1.54) is 17.5 Å². The van der Waals surface area contributed by atoms with Crippen molar-refractivity contribution in [3.8, 4) is 0 Å². The van der Waals surface area contributed by atoms with Crippen LogP contribution in [-0.2, 0) is 34.5 Å². The molecule has 0 aliphatic rings. The summed E-state index contributed by atoms with van der Waals surface area (Å²) >= 11 is 0. The number of rotatable bonds is 4. The maximum Gasteiger partial charge on any atom is -0.0126 e. The fourth-order valence-electron chi connectivity index (χ4n) is 5.04. The van der Waals surface area contributed by atoms with Crippen LogP contribution in [0.2, 0.25) is 0 Å². The van der Waals surface area contributed by atoms with Gasteiger partial charge in [-0.05, 0) is 74.3 Å². The largest absolute Gasteiger partial charge is 0.0622 e. The molecule has 0 saturated heterocycles. The highest BCUT2D eigenvalue weighted by Crippen LogP contribution is 2.47. The van der Waals surface area contributed by atoms with Crippen LogP contribution in [0.1, 0.15) is 123 Å². The number of hydrogen-bond donors (Lipinski definition) is 0. The van der Waals surface area contributed by atoms with E-state index < -0.39 is 0 Å². The summed E-state index contributed by atoms with van der Waals surface area (Å²) in [6.07, 6.45) is 3.47. The molecule has 0 amide bonds. The Morgan fingerprint density at radius 1 is 0.516 bits per heavy atom. The van der Waals surface area contributed by atoms with Crippen molar-refractivity contribution in [1.82, 2.24) is 0 Å². The smallest absolute Gasteiger partial charge is 0.0126 e. The van der Waals surface area contributed by atoms with Crippen LogP contribution in [0.4, 0.5) is 0 Å². The molecule has 31 heavy (non-hydrogen) atoms. The van der Waals surface area contributed by atoms with Crippen molar-refractivity contribution in [2.45, 2.75) is 124 Å². The Balaban J connectivity index is 2.77. The Kier molecular flexibility index (Phi) is 7.26. The molecule has 172 valence electrons. The van der Waals surface area contributed by atoms with Gasteiger partial charge in [0.1, 0.15) is 0 Å². The predicted octanol–water partition coefficient (Wildman–Crippen LogP) is 9.05. The van der Waals surface area contributed by atoms with Crippen LogP contribution in [-0.4, -0.2) is 0 Å². The highest BCUT2D eigenvalue weighted by atomic mass is 14.4. The van der Waals surface area contributed by atoms with Crippen molar-refractivity contribution in [3.63, 3.8) is 0 Å². The second-order valence-electron chi connectivity index (χ2n) is 13.5. The van der Waals surface area contributed by atoms with Crippen LogP contribution in [0, 0.1) is 0 Å². The molecule has 0 aliphatic heterocycles. The van der Waals surface area contributed by atoms with E-state index in [2.05, 4.69) is 119 Å². The molecule has 0 aliphatic carbocycles. The first-order valence-corrected chi connectivity index (χ1v) is 12.2. The molecule has 0 heteroatoms. The molecule has 0 heterocycles. The molecule has 0 atom stereocenters. The van der Waals surface area contributed by atoms with Crippen molar-refractivity contribution >= 4 is 0 Å². The Bertz CT molecular complexity index is 869. The zero-order chi connectivity index (χ0) is 23.8. The van der Waals surface area contributed by atoms with E-state index in [0.717, 1.165) is 12.8 Å². The van der Waals surface area contributed by atoms with E-state index in [-0.39, 0.29) is 21.7 Å². The highest BCUT2D eigenvalue weighted by Gasteiger charge is 2.37. The summed E-state index contributed by atoms with van der Waals surface area (Å²) < 4.78 is 0. The summed E-state index contributed by atoms with van der Waals surface area (Å²) in [7, 11) is 0. The van der Waals surface area contributed by atoms with Gasteiger partial charge < -0.3 is 0 Å². The van der Waals surface area contributed by atoms with Crippen molar-refractivity contribution in [3.05, 3.63) is 69.8 Å². The van der Waals surface area contributed by atoms with Gasteiger partial charge in [0.25, 0.3) is 0 Å². The van der Waals surface area contributed by atoms with Gasteiger partial charge in [-0.25, -0.2) is 0 Å². The first-order chi connectivity index (χ1) is 13.9. The van der Waals surface area contributed by atoms with Gasteiger partial charge in [0.05, 0.1) is 0 Å². The van der Waals surface area contributed by atoms with Gasteiger partial charge in [-0.2, -0.15) is 0 Å². The van der Waals surface area contributed by atoms with E-state index >= 15 is 0 Å². The molecule has 2 rings (SSSR count). The number of hydrogen-bond acceptors (Lipinski definition) is 0. The fraction of sp³-hybridized carbons (Fsp3) is 0.613. The van der Waals surface area contributed by atoms with Crippen LogP contribution in [0.25, 0.3) is 0 Å². The average molecular weight is 421 g/mol. The van der Waals surface area contributed by atoms with E-state index in [9.17, 15) is 0 Å². The van der Waals surface area contributed by atoms with E-state index in [0.29, 0.717) is 0 Å². The molecule has 0 radical (unpaired) electrons. The normalized spacial score (nSPS) is 13.5. The molecule has 0 nitrogen and oxygen atoms in total. The third-order valence-electron chi connectivity index (χ3n) is 6.22. The molecule has 2 aromatic rings. The quantitative estimate of drug-likeness (QED) is 0.462. The summed E-state index contributed by atoms with van der Waals surface area (Å²) in [4.78, 5) is 0. The summed E-state index contributed by atoms with van der Waals surface area (Å²) in [6, 6.07) is 13.5. The molecule has 0 bridgehead atoms. The first kappa shape index (κ1) is 25.7. The standard InChI is InChI=1S/C31H48/c1-28(2,3)24-21-23(20-16-19-22-17-14-13-15-18-22)25(29(4,5)6)27(31(10,11)12)26(24)30(7,8)9/h13-15,17-18,21H,16,19-20H2,1-12H3. The number of benzene rings is 2. The molecule has 0 saturated carbocycles. The fourth-order valence-corrected chi connectivity index (χ4v) is 5.04. The van der Waals surface area contributed by atoms with Crippen molar-refractivity contribution in [1.29, 1.82) is 0 Å². The summed E-state index contributed by atoms with van der Waals surface area (Å²) in [5.74, 6) is 0. The lowest BCUT2D eigenvalue weighted by molar-refractivity contribution is 0.473. The van der Waals surface area contributed by atoms with Gasteiger partial charge in [0.15, 0.2) is 0 Å². The van der Waals surface area contributed by atoms with Crippen molar-refractivity contribution in [2.24, 2.45) is 0 Å². The van der Waals surface area contributed by atoms with Gasteiger partial charge in [-0.1, -0.05) is 119 Å². The van der Waals surface area contributed by atoms with Gasteiger partial charge >= 0.3 is 0 Å². The minimum atomic E-state index is 0.0979. The van der Waals surface area contributed by atoms with Gasteiger partial charge in [-0.15, -0.1) is 0 Å². The molecule has 0 aromatic heterocycles. The Hall–Kier alpha value is -1.56. The minimum absolute atomic E-state index is 0.0979. The van der Waals surface area contributed by atoms with Gasteiger partial charge in [-0.3, -0.25) is 0 Å². The summed E-state index contributed by atoms with van der Waals surface area (Å²) in [5.41, 5.74) is 9.73. The summed E-state index contributed by atoms with van der Waals surface area (Å²) in [5, 5.41) is 0. The lowest BCUT2D eigenvalue weighted by atomic mass is 9.63. The van der Waals surface area contributed by atoms with Crippen LogP contribution in [0.3, 0.4) is 0 Å². The number of aryl methyl sites for hydroxylation is 2.